The minimum atomic E-state index is -0.0993. The van der Waals surface area contributed by atoms with E-state index in [4.69, 9.17) is 5.11 Å². The average Bonchev–Trinajstić information content (AvgIpc) is 2.41. The van der Waals surface area contributed by atoms with Crippen molar-refractivity contribution >= 4 is 17.5 Å². The molecule has 3 N–H and O–H groups in total. The van der Waals surface area contributed by atoms with Crippen LogP contribution in [-0.2, 0) is 16.0 Å². The maximum Gasteiger partial charge on any atom is 0.224 e. The molecule has 0 saturated heterocycles. The fraction of sp³-hybridized carbons (Fsp3) is 0.429. The Balaban J connectivity index is 2.61. The Kier molecular flexibility index (Phi) is 6.60. The van der Waals surface area contributed by atoms with Gasteiger partial charge in [0.05, 0.1) is 6.42 Å². The van der Waals surface area contributed by atoms with Gasteiger partial charge in [-0.2, -0.15) is 0 Å². The SMILES string of the molecule is CNC(=O)Cc1ccccc1NC(=O)CCCCO. The van der Waals surface area contributed by atoms with Crippen LogP contribution in [0.4, 0.5) is 5.69 Å². The van der Waals surface area contributed by atoms with E-state index in [9.17, 15) is 9.59 Å². The van der Waals surface area contributed by atoms with Gasteiger partial charge in [-0.15, -0.1) is 0 Å². The van der Waals surface area contributed by atoms with Gasteiger partial charge < -0.3 is 15.7 Å². The van der Waals surface area contributed by atoms with Gasteiger partial charge in [-0.25, -0.2) is 0 Å². The Morgan fingerprint density at radius 3 is 2.58 bits per heavy atom. The van der Waals surface area contributed by atoms with E-state index in [1.807, 2.05) is 18.2 Å². The summed E-state index contributed by atoms with van der Waals surface area (Å²) in [5.41, 5.74) is 1.46. The molecule has 0 heterocycles. The molecule has 0 atom stereocenters. The first-order chi connectivity index (χ1) is 9.17. The van der Waals surface area contributed by atoms with Crippen LogP contribution in [-0.4, -0.2) is 30.6 Å². The Morgan fingerprint density at radius 2 is 1.89 bits per heavy atom. The summed E-state index contributed by atoms with van der Waals surface area (Å²) in [6.45, 7) is 0.0978. The van der Waals surface area contributed by atoms with Crippen molar-refractivity contribution in [3.63, 3.8) is 0 Å². The van der Waals surface area contributed by atoms with E-state index in [2.05, 4.69) is 10.6 Å². The fourth-order valence-corrected chi connectivity index (χ4v) is 1.67. The molecule has 5 nitrogen and oxygen atoms in total. The topological polar surface area (TPSA) is 78.4 Å². The number of benzene rings is 1. The highest BCUT2D eigenvalue weighted by Crippen LogP contribution is 2.16. The summed E-state index contributed by atoms with van der Waals surface area (Å²) in [5, 5.41) is 14.0. The van der Waals surface area contributed by atoms with Crippen LogP contribution in [0, 0.1) is 0 Å². The summed E-state index contributed by atoms with van der Waals surface area (Å²) in [5.74, 6) is -0.195. The highest BCUT2D eigenvalue weighted by Gasteiger charge is 2.09. The van der Waals surface area contributed by atoms with Crippen LogP contribution in [0.3, 0.4) is 0 Å². The Bertz CT molecular complexity index is 432. The zero-order valence-corrected chi connectivity index (χ0v) is 11.1. The molecule has 0 aliphatic carbocycles. The molecule has 2 amide bonds. The molecule has 1 aromatic carbocycles. The molecule has 0 spiro atoms. The standard InChI is InChI=1S/C14H20N2O3/c1-15-14(19)10-11-6-2-3-7-12(11)16-13(18)8-4-5-9-17/h2-3,6-7,17H,4-5,8-10H2,1H3,(H,15,19)(H,16,18). The van der Waals surface area contributed by atoms with Crippen molar-refractivity contribution in [2.75, 3.05) is 19.0 Å². The van der Waals surface area contributed by atoms with E-state index >= 15 is 0 Å². The van der Waals surface area contributed by atoms with Gasteiger partial charge in [0.1, 0.15) is 0 Å². The third-order valence-corrected chi connectivity index (χ3v) is 2.73. The molecule has 1 aromatic rings. The lowest BCUT2D eigenvalue weighted by atomic mass is 10.1. The molecular formula is C14H20N2O3. The van der Waals surface area contributed by atoms with Crippen LogP contribution in [0.2, 0.25) is 0 Å². The van der Waals surface area contributed by atoms with Crippen molar-refractivity contribution in [1.82, 2.24) is 5.32 Å². The van der Waals surface area contributed by atoms with Gasteiger partial charge in [0.15, 0.2) is 0 Å². The summed E-state index contributed by atoms with van der Waals surface area (Å²) >= 11 is 0. The molecule has 19 heavy (non-hydrogen) atoms. The van der Waals surface area contributed by atoms with Gasteiger partial charge in [0.25, 0.3) is 0 Å². The van der Waals surface area contributed by atoms with E-state index < -0.39 is 0 Å². The summed E-state index contributed by atoms with van der Waals surface area (Å²) < 4.78 is 0. The van der Waals surface area contributed by atoms with Crippen LogP contribution in [0.15, 0.2) is 24.3 Å². The molecule has 5 heteroatoms. The number of carbonyl (C=O) groups excluding carboxylic acids is 2. The second-order valence-electron chi connectivity index (χ2n) is 4.24. The van der Waals surface area contributed by atoms with Gasteiger partial charge in [-0.05, 0) is 24.5 Å². The molecule has 0 aromatic heterocycles. The third-order valence-electron chi connectivity index (χ3n) is 2.73. The van der Waals surface area contributed by atoms with Crippen LogP contribution >= 0.6 is 0 Å². The fourth-order valence-electron chi connectivity index (χ4n) is 1.67. The molecule has 0 bridgehead atoms. The number of hydrogen-bond acceptors (Lipinski definition) is 3. The van der Waals surface area contributed by atoms with Gasteiger partial charge >= 0.3 is 0 Å². The lowest BCUT2D eigenvalue weighted by molar-refractivity contribution is -0.120. The maximum absolute atomic E-state index is 11.7. The van der Waals surface area contributed by atoms with E-state index in [0.29, 0.717) is 24.9 Å². The van der Waals surface area contributed by atoms with Crippen LogP contribution in [0.25, 0.3) is 0 Å². The Labute approximate surface area is 113 Å². The summed E-state index contributed by atoms with van der Waals surface area (Å²) in [6, 6.07) is 7.25. The first kappa shape index (κ1) is 15.2. The van der Waals surface area contributed by atoms with Crippen molar-refractivity contribution in [3.05, 3.63) is 29.8 Å². The number of anilines is 1. The van der Waals surface area contributed by atoms with Gasteiger partial charge in [0.2, 0.25) is 11.8 Å². The molecule has 0 radical (unpaired) electrons. The van der Waals surface area contributed by atoms with Crippen molar-refractivity contribution in [3.8, 4) is 0 Å². The van der Waals surface area contributed by atoms with Crippen molar-refractivity contribution in [2.45, 2.75) is 25.7 Å². The Hall–Kier alpha value is -1.88. The van der Waals surface area contributed by atoms with Crippen molar-refractivity contribution in [2.24, 2.45) is 0 Å². The smallest absolute Gasteiger partial charge is 0.224 e. The highest BCUT2D eigenvalue weighted by atomic mass is 16.3. The van der Waals surface area contributed by atoms with Crippen molar-refractivity contribution in [1.29, 1.82) is 0 Å². The molecule has 0 aliphatic heterocycles. The summed E-state index contributed by atoms with van der Waals surface area (Å²) in [7, 11) is 1.58. The first-order valence-electron chi connectivity index (χ1n) is 6.36. The number of para-hydroxylation sites is 1. The molecule has 1 rings (SSSR count). The molecule has 0 saturated carbocycles. The second-order valence-corrected chi connectivity index (χ2v) is 4.24. The van der Waals surface area contributed by atoms with Crippen molar-refractivity contribution < 1.29 is 14.7 Å². The number of hydrogen-bond donors (Lipinski definition) is 3. The first-order valence-corrected chi connectivity index (χ1v) is 6.36. The molecular weight excluding hydrogens is 244 g/mol. The number of unbranched alkanes of at least 4 members (excludes halogenated alkanes) is 1. The van der Waals surface area contributed by atoms with Gasteiger partial charge in [-0.1, -0.05) is 18.2 Å². The van der Waals surface area contributed by atoms with Crippen LogP contribution < -0.4 is 10.6 Å². The van der Waals surface area contributed by atoms with Gasteiger partial charge in [0, 0.05) is 25.8 Å². The molecule has 0 aliphatic rings. The third kappa shape index (κ3) is 5.52. The second kappa shape index (κ2) is 8.26. The van der Waals surface area contributed by atoms with Crippen LogP contribution in [0.1, 0.15) is 24.8 Å². The monoisotopic (exact) mass is 264 g/mol. The Morgan fingerprint density at radius 1 is 1.16 bits per heavy atom. The predicted molar refractivity (Wildman–Crippen MR) is 73.8 cm³/mol. The quantitative estimate of drug-likeness (QED) is 0.645. The van der Waals surface area contributed by atoms with Crippen LogP contribution in [0.5, 0.6) is 0 Å². The summed E-state index contributed by atoms with van der Waals surface area (Å²) in [6.07, 6.45) is 1.88. The number of rotatable bonds is 7. The largest absolute Gasteiger partial charge is 0.396 e. The predicted octanol–water partition coefficient (Wildman–Crippen LogP) is 1.08. The van der Waals surface area contributed by atoms with E-state index in [-0.39, 0.29) is 24.8 Å². The zero-order chi connectivity index (χ0) is 14.1. The lowest BCUT2D eigenvalue weighted by Gasteiger charge is -2.10. The minimum absolute atomic E-state index is 0.0954. The minimum Gasteiger partial charge on any atom is -0.396 e. The summed E-state index contributed by atoms with van der Waals surface area (Å²) in [4.78, 5) is 23.1. The normalized spacial score (nSPS) is 10.0. The van der Waals surface area contributed by atoms with Gasteiger partial charge in [-0.3, -0.25) is 9.59 Å². The number of aliphatic hydroxyl groups excluding tert-OH is 1. The zero-order valence-electron chi connectivity index (χ0n) is 11.1. The van der Waals surface area contributed by atoms with E-state index in [1.54, 1.807) is 13.1 Å². The molecule has 0 fully saturated rings. The lowest BCUT2D eigenvalue weighted by Crippen LogP contribution is -2.21. The molecule has 0 unspecified atom stereocenters. The molecule has 104 valence electrons. The van der Waals surface area contributed by atoms with E-state index in [1.165, 1.54) is 0 Å². The number of amides is 2. The number of aliphatic hydroxyl groups is 1. The number of likely N-dealkylation sites (N-methyl/N-ethyl adjacent to an activating group) is 1. The number of carbonyl (C=O) groups is 2. The number of nitrogens with one attached hydrogen (secondary N) is 2. The average molecular weight is 264 g/mol. The van der Waals surface area contributed by atoms with E-state index in [0.717, 1.165) is 5.56 Å². The highest BCUT2D eigenvalue weighted by molar-refractivity contribution is 5.92. The maximum atomic E-state index is 11.7.